The third kappa shape index (κ3) is 3.88. The third-order valence-electron chi connectivity index (χ3n) is 5.45. The second kappa shape index (κ2) is 8.21. The number of carboxylic acid groups (broad SMARTS) is 1. The number of carboxylic acids is 1. The van der Waals surface area contributed by atoms with Crippen LogP contribution in [0.3, 0.4) is 0 Å². The van der Waals surface area contributed by atoms with Gasteiger partial charge in [-0.15, -0.1) is 0 Å². The molecule has 1 aliphatic heterocycles. The molecule has 1 N–H and O–H groups in total. The summed E-state index contributed by atoms with van der Waals surface area (Å²) < 4.78 is 2.36. The molecule has 0 fully saturated rings. The Hall–Kier alpha value is -1.69. The maximum absolute atomic E-state index is 11.2. The lowest BCUT2D eigenvalue weighted by molar-refractivity contribution is -0.137. The van der Waals surface area contributed by atoms with Gasteiger partial charge in [0.05, 0.1) is 21.3 Å². The zero-order valence-corrected chi connectivity index (χ0v) is 18.6. The minimum absolute atomic E-state index is 0.179. The first-order chi connectivity index (χ1) is 13.9. The normalized spacial score (nSPS) is 16.0. The van der Waals surface area contributed by atoms with E-state index in [0.29, 0.717) is 16.5 Å². The zero-order valence-electron chi connectivity index (χ0n) is 16.3. The second-order valence-electron chi connectivity index (χ2n) is 7.71. The predicted octanol–water partition coefficient (Wildman–Crippen LogP) is 6.97. The number of hydrogen-bond acceptors (Lipinski definition) is 3. The van der Waals surface area contributed by atoms with Gasteiger partial charge in [-0.2, -0.15) is 0 Å². The van der Waals surface area contributed by atoms with Gasteiger partial charge in [0.15, 0.2) is 0 Å². The smallest absolute Gasteiger partial charge is 0.303 e. The van der Waals surface area contributed by atoms with Crippen molar-refractivity contribution in [3.8, 4) is 0 Å². The van der Waals surface area contributed by atoms with E-state index in [-0.39, 0.29) is 18.3 Å². The first-order valence-corrected chi connectivity index (χ1v) is 11.3. The Morgan fingerprint density at radius 1 is 1.31 bits per heavy atom. The van der Waals surface area contributed by atoms with Crippen LogP contribution in [0.4, 0.5) is 0 Å². The van der Waals surface area contributed by atoms with Crippen molar-refractivity contribution >= 4 is 51.8 Å². The van der Waals surface area contributed by atoms with Crippen molar-refractivity contribution in [2.75, 3.05) is 0 Å². The molecule has 4 nitrogen and oxygen atoms in total. The number of rotatable bonds is 6. The van der Waals surface area contributed by atoms with E-state index in [1.807, 2.05) is 24.4 Å². The van der Waals surface area contributed by atoms with Crippen LogP contribution in [0.2, 0.25) is 10.0 Å². The van der Waals surface area contributed by atoms with Gasteiger partial charge >= 0.3 is 5.97 Å². The Morgan fingerprint density at radius 2 is 2.10 bits per heavy atom. The largest absolute Gasteiger partial charge is 0.481 e. The van der Waals surface area contributed by atoms with E-state index in [4.69, 9.17) is 23.2 Å². The number of carbonyl (C=O) groups is 1. The number of pyridine rings is 1. The van der Waals surface area contributed by atoms with Crippen molar-refractivity contribution in [2.24, 2.45) is 0 Å². The quantitative estimate of drug-likeness (QED) is 0.442. The van der Waals surface area contributed by atoms with E-state index in [1.54, 1.807) is 11.8 Å². The summed E-state index contributed by atoms with van der Waals surface area (Å²) in [5.74, 6) is -0.237. The Labute approximate surface area is 184 Å². The summed E-state index contributed by atoms with van der Waals surface area (Å²) in [6, 6.07) is 7.75. The Bertz CT molecular complexity index is 1090. The van der Waals surface area contributed by atoms with Crippen molar-refractivity contribution in [3.63, 3.8) is 0 Å². The van der Waals surface area contributed by atoms with Gasteiger partial charge in [0.2, 0.25) is 0 Å². The summed E-state index contributed by atoms with van der Waals surface area (Å²) >= 11 is 14.0. The van der Waals surface area contributed by atoms with Crippen LogP contribution in [-0.4, -0.2) is 20.6 Å². The molecule has 0 unspecified atom stereocenters. The molecule has 0 radical (unpaired) electrons. The standard InChI is InChI=1S/C22H22Cl2N2O2S/c1-12(2)20-19-17(7-9-25-20)26-10-8-13(3-6-18(27)28)21(26)22(19)29-14-4-5-15(23)16(24)11-14/h4-5,7,9,11-13H,3,6,8,10H2,1-2H3,(H,27,28)/t13-/m1/s1. The molecule has 4 rings (SSSR count). The summed E-state index contributed by atoms with van der Waals surface area (Å²) in [7, 11) is 0. The average Bonchev–Trinajstić information content (AvgIpc) is 3.22. The van der Waals surface area contributed by atoms with Crippen LogP contribution in [0.25, 0.3) is 10.9 Å². The van der Waals surface area contributed by atoms with Gasteiger partial charge < -0.3 is 9.67 Å². The molecular formula is C22H22Cl2N2O2S. The van der Waals surface area contributed by atoms with Crippen LogP contribution < -0.4 is 0 Å². The zero-order chi connectivity index (χ0) is 20.7. The highest BCUT2D eigenvalue weighted by atomic mass is 35.5. The molecule has 1 atom stereocenters. The third-order valence-corrected chi connectivity index (χ3v) is 7.30. The van der Waals surface area contributed by atoms with E-state index >= 15 is 0 Å². The fourth-order valence-electron chi connectivity index (χ4n) is 4.15. The topological polar surface area (TPSA) is 55.1 Å². The molecule has 3 aromatic rings. The molecule has 0 aliphatic carbocycles. The molecule has 3 heterocycles. The van der Waals surface area contributed by atoms with Gasteiger partial charge in [-0.25, -0.2) is 0 Å². The molecule has 0 bridgehead atoms. The summed E-state index contributed by atoms with van der Waals surface area (Å²) in [4.78, 5) is 18.0. The molecule has 7 heteroatoms. The molecule has 2 aromatic heterocycles. The van der Waals surface area contributed by atoms with Crippen LogP contribution >= 0.6 is 35.0 Å². The van der Waals surface area contributed by atoms with Crippen LogP contribution in [0.5, 0.6) is 0 Å². The van der Waals surface area contributed by atoms with Crippen LogP contribution in [0.1, 0.15) is 56.3 Å². The van der Waals surface area contributed by atoms with Gasteiger partial charge in [0.25, 0.3) is 0 Å². The van der Waals surface area contributed by atoms with Crippen LogP contribution in [-0.2, 0) is 11.3 Å². The first-order valence-electron chi connectivity index (χ1n) is 9.72. The summed E-state index contributed by atoms with van der Waals surface area (Å²) in [5.41, 5.74) is 3.48. The summed E-state index contributed by atoms with van der Waals surface area (Å²) in [6.45, 7) is 5.21. The van der Waals surface area contributed by atoms with E-state index in [2.05, 4.69) is 29.5 Å². The molecule has 0 saturated carbocycles. The highest BCUT2D eigenvalue weighted by Crippen LogP contribution is 2.48. The molecule has 0 spiro atoms. The summed E-state index contributed by atoms with van der Waals surface area (Å²) in [5, 5.41) is 11.4. The lowest BCUT2D eigenvalue weighted by Gasteiger charge is -2.13. The van der Waals surface area contributed by atoms with Gasteiger partial charge in [-0.3, -0.25) is 9.78 Å². The molecule has 0 saturated heterocycles. The molecule has 152 valence electrons. The number of benzene rings is 1. The van der Waals surface area contributed by atoms with Crippen molar-refractivity contribution in [2.45, 2.75) is 61.3 Å². The van der Waals surface area contributed by atoms with Crippen LogP contribution in [0.15, 0.2) is 40.3 Å². The number of hydrogen-bond donors (Lipinski definition) is 1. The minimum Gasteiger partial charge on any atom is -0.481 e. The molecule has 29 heavy (non-hydrogen) atoms. The molecule has 1 aliphatic rings. The highest BCUT2D eigenvalue weighted by Gasteiger charge is 2.32. The maximum Gasteiger partial charge on any atom is 0.303 e. The molecular weight excluding hydrogens is 427 g/mol. The fourth-order valence-corrected chi connectivity index (χ4v) is 5.76. The Balaban J connectivity index is 1.88. The first kappa shape index (κ1) is 20.6. The van der Waals surface area contributed by atoms with E-state index in [0.717, 1.165) is 23.6 Å². The van der Waals surface area contributed by atoms with Gasteiger partial charge in [0, 0.05) is 46.0 Å². The van der Waals surface area contributed by atoms with Crippen LogP contribution in [0, 0.1) is 0 Å². The summed E-state index contributed by atoms with van der Waals surface area (Å²) in [6.07, 6.45) is 3.67. The number of aromatic nitrogens is 2. The lowest BCUT2D eigenvalue weighted by Crippen LogP contribution is -2.01. The van der Waals surface area contributed by atoms with Gasteiger partial charge in [0.1, 0.15) is 0 Å². The lowest BCUT2D eigenvalue weighted by atomic mass is 9.97. The minimum atomic E-state index is -0.747. The number of fused-ring (bicyclic) bond motifs is 3. The maximum atomic E-state index is 11.2. The monoisotopic (exact) mass is 448 g/mol. The van der Waals surface area contributed by atoms with Crippen molar-refractivity contribution < 1.29 is 9.90 Å². The SMILES string of the molecule is CC(C)c1nccc2c1c(Sc1ccc(Cl)c(Cl)c1)c1n2CC[C@H]1CCC(=O)O. The van der Waals surface area contributed by atoms with Gasteiger partial charge in [-0.1, -0.05) is 48.8 Å². The van der Waals surface area contributed by atoms with Gasteiger partial charge in [-0.05, 0) is 43.0 Å². The van der Waals surface area contributed by atoms with Crippen molar-refractivity contribution in [1.82, 2.24) is 9.55 Å². The number of aryl methyl sites for hydroxylation is 1. The fraction of sp³-hybridized carbons (Fsp3) is 0.364. The van der Waals surface area contributed by atoms with E-state index in [1.165, 1.54) is 21.5 Å². The number of aliphatic carboxylic acids is 1. The average molecular weight is 449 g/mol. The van der Waals surface area contributed by atoms with Crippen molar-refractivity contribution in [1.29, 1.82) is 0 Å². The predicted molar refractivity (Wildman–Crippen MR) is 119 cm³/mol. The second-order valence-corrected chi connectivity index (χ2v) is 9.61. The van der Waals surface area contributed by atoms with E-state index in [9.17, 15) is 9.90 Å². The Kier molecular flexibility index (Phi) is 5.83. The Morgan fingerprint density at radius 3 is 2.79 bits per heavy atom. The number of nitrogens with zero attached hydrogens (tertiary/aromatic N) is 2. The molecule has 1 aromatic carbocycles. The van der Waals surface area contributed by atoms with E-state index < -0.39 is 5.97 Å². The molecule has 0 amide bonds. The number of halogens is 2. The highest BCUT2D eigenvalue weighted by molar-refractivity contribution is 7.99. The van der Waals surface area contributed by atoms with Crippen molar-refractivity contribution in [3.05, 3.63) is 51.9 Å².